The number of rotatable bonds is 5. The van der Waals surface area contributed by atoms with Crippen molar-refractivity contribution in [1.29, 1.82) is 5.26 Å². The second-order valence-electron chi connectivity index (χ2n) is 3.24. The van der Waals surface area contributed by atoms with Crippen molar-refractivity contribution in [1.82, 2.24) is 10.3 Å². The quantitative estimate of drug-likeness (QED) is 0.607. The number of nitrogens with zero attached hydrogens (tertiary/aromatic N) is 2. The van der Waals surface area contributed by atoms with E-state index in [0.29, 0.717) is 18.5 Å². The van der Waals surface area contributed by atoms with Crippen LogP contribution in [0, 0.1) is 17.3 Å². The molecule has 0 aliphatic heterocycles. The number of carbonyl (C=O) groups excluding carboxylic acids is 1. The van der Waals surface area contributed by atoms with Crippen LogP contribution in [-0.4, -0.2) is 17.4 Å². The lowest BCUT2D eigenvalue weighted by Gasteiger charge is -2.03. The van der Waals surface area contributed by atoms with E-state index in [0.717, 1.165) is 18.9 Å². The third kappa shape index (κ3) is 4.05. The molecule has 0 fully saturated rings. The van der Waals surface area contributed by atoms with E-state index in [-0.39, 0.29) is 5.91 Å². The molecule has 0 spiro atoms. The van der Waals surface area contributed by atoms with E-state index in [1.807, 2.05) is 6.07 Å². The van der Waals surface area contributed by atoms with Gasteiger partial charge < -0.3 is 5.32 Å². The highest BCUT2D eigenvalue weighted by Gasteiger charge is 2.04. The summed E-state index contributed by atoms with van der Waals surface area (Å²) in [6.45, 7) is 0.512. The van der Waals surface area contributed by atoms with Gasteiger partial charge in [0.1, 0.15) is 0 Å². The fourth-order valence-electron chi connectivity index (χ4n) is 1.14. The van der Waals surface area contributed by atoms with Crippen LogP contribution >= 0.6 is 0 Å². The Morgan fingerprint density at radius 3 is 2.94 bits per heavy atom. The van der Waals surface area contributed by atoms with E-state index in [2.05, 4.69) is 10.3 Å². The van der Waals surface area contributed by atoms with Gasteiger partial charge >= 0.3 is 0 Å². The number of pyridine rings is 1. The van der Waals surface area contributed by atoms with E-state index < -0.39 is 5.95 Å². The lowest BCUT2D eigenvalue weighted by Crippen LogP contribution is -2.24. The van der Waals surface area contributed by atoms with Crippen molar-refractivity contribution in [3.63, 3.8) is 0 Å². The average Bonchev–Trinajstić information content (AvgIpc) is 2.29. The summed E-state index contributed by atoms with van der Waals surface area (Å²) in [5.74, 6) is -0.880. The van der Waals surface area contributed by atoms with Crippen molar-refractivity contribution < 1.29 is 9.18 Å². The van der Waals surface area contributed by atoms with Crippen LogP contribution in [-0.2, 0) is 0 Å². The highest BCUT2D eigenvalue weighted by atomic mass is 19.1. The molecule has 16 heavy (non-hydrogen) atoms. The Morgan fingerprint density at radius 1 is 1.50 bits per heavy atom. The Bertz CT molecular complexity index is 383. The van der Waals surface area contributed by atoms with Gasteiger partial charge in [-0.3, -0.25) is 4.79 Å². The molecule has 5 heteroatoms. The minimum atomic E-state index is -0.606. The molecule has 84 valence electrons. The number of unbranched alkanes of at least 4 members (excludes halogenated alkanes) is 2. The summed E-state index contributed by atoms with van der Waals surface area (Å²) in [7, 11) is 0. The van der Waals surface area contributed by atoms with Crippen LogP contribution in [0.2, 0.25) is 0 Å². The summed E-state index contributed by atoms with van der Waals surface area (Å²) in [5.41, 5.74) is 0.335. The number of amides is 1. The molecule has 1 aromatic heterocycles. The third-order valence-electron chi connectivity index (χ3n) is 1.99. The summed E-state index contributed by atoms with van der Waals surface area (Å²) < 4.78 is 12.5. The lowest BCUT2D eigenvalue weighted by molar-refractivity contribution is 0.0952. The van der Waals surface area contributed by atoms with Crippen LogP contribution in [0.15, 0.2) is 18.3 Å². The topological polar surface area (TPSA) is 65.8 Å². The smallest absolute Gasteiger partial charge is 0.252 e. The van der Waals surface area contributed by atoms with Crippen molar-refractivity contribution in [2.24, 2.45) is 0 Å². The first kappa shape index (κ1) is 12.1. The van der Waals surface area contributed by atoms with E-state index in [9.17, 15) is 9.18 Å². The number of hydrogen-bond donors (Lipinski definition) is 1. The Kier molecular flexibility index (Phi) is 4.93. The number of nitriles is 1. The van der Waals surface area contributed by atoms with Crippen LogP contribution in [0.3, 0.4) is 0 Å². The summed E-state index contributed by atoms with van der Waals surface area (Å²) in [5, 5.41) is 11.0. The van der Waals surface area contributed by atoms with Gasteiger partial charge in [-0.15, -0.1) is 0 Å². The molecular weight excluding hydrogens is 209 g/mol. The molecule has 4 nitrogen and oxygen atoms in total. The summed E-state index contributed by atoms with van der Waals surface area (Å²) >= 11 is 0. The molecule has 0 aliphatic rings. The van der Waals surface area contributed by atoms with Gasteiger partial charge in [-0.05, 0) is 25.0 Å². The first-order valence-corrected chi connectivity index (χ1v) is 5.00. The van der Waals surface area contributed by atoms with Gasteiger partial charge in [-0.25, -0.2) is 4.98 Å². The Balaban J connectivity index is 2.30. The monoisotopic (exact) mass is 221 g/mol. The van der Waals surface area contributed by atoms with Crippen LogP contribution in [0.4, 0.5) is 4.39 Å². The molecule has 1 amide bonds. The van der Waals surface area contributed by atoms with Crippen LogP contribution in [0.1, 0.15) is 29.6 Å². The SMILES string of the molecule is N#CCCCCNC(=O)c1ccc(F)nc1. The van der Waals surface area contributed by atoms with E-state index >= 15 is 0 Å². The Labute approximate surface area is 93.1 Å². The summed E-state index contributed by atoms with van der Waals surface area (Å²) in [6, 6.07) is 4.55. The predicted octanol–water partition coefficient (Wildman–Crippen LogP) is 1.64. The molecule has 0 atom stereocenters. The van der Waals surface area contributed by atoms with Gasteiger partial charge in [0.15, 0.2) is 0 Å². The zero-order valence-corrected chi connectivity index (χ0v) is 8.74. The largest absolute Gasteiger partial charge is 0.352 e. The first-order valence-electron chi connectivity index (χ1n) is 5.00. The van der Waals surface area contributed by atoms with Crippen molar-refractivity contribution in [3.05, 3.63) is 29.8 Å². The average molecular weight is 221 g/mol. The number of hydrogen-bond acceptors (Lipinski definition) is 3. The molecule has 0 saturated carbocycles. The van der Waals surface area contributed by atoms with Gasteiger partial charge in [-0.1, -0.05) is 0 Å². The molecule has 0 saturated heterocycles. The maximum Gasteiger partial charge on any atom is 0.252 e. The first-order chi connectivity index (χ1) is 7.74. The van der Waals surface area contributed by atoms with Crippen molar-refractivity contribution in [2.75, 3.05) is 6.54 Å². The molecule has 1 N–H and O–H groups in total. The summed E-state index contributed by atoms with van der Waals surface area (Å²) in [6.07, 6.45) is 3.21. The van der Waals surface area contributed by atoms with Crippen molar-refractivity contribution >= 4 is 5.91 Å². The maximum atomic E-state index is 12.5. The Morgan fingerprint density at radius 2 is 2.31 bits per heavy atom. The molecule has 0 aliphatic carbocycles. The Hall–Kier alpha value is -1.96. The molecular formula is C11H12FN3O. The minimum Gasteiger partial charge on any atom is -0.352 e. The molecule has 1 aromatic rings. The zero-order valence-electron chi connectivity index (χ0n) is 8.74. The normalized spacial score (nSPS) is 9.50. The van der Waals surface area contributed by atoms with Crippen molar-refractivity contribution in [3.8, 4) is 6.07 Å². The molecule has 1 heterocycles. The van der Waals surface area contributed by atoms with Gasteiger partial charge in [0.05, 0.1) is 11.6 Å². The predicted molar refractivity (Wildman–Crippen MR) is 56.0 cm³/mol. The van der Waals surface area contributed by atoms with Gasteiger partial charge in [0.25, 0.3) is 5.91 Å². The number of carbonyl (C=O) groups is 1. The molecule has 0 unspecified atom stereocenters. The van der Waals surface area contributed by atoms with Crippen LogP contribution < -0.4 is 5.32 Å². The lowest BCUT2D eigenvalue weighted by atomic mass is 10.2. The van der Waals surface area contributed by atoms with Gasteiger partial charge in [0.2, 0.25) is 5.95 Å². The number of halogens is 1. The zero-order chi connectivity index (χ0) is 11.8. The number of aromatic nitrogens is 1. The second kappa shape index (κ2) is 6.51. The van der Waals surface area contributed by atoms with Gasteiger partial charge in [0, 0.05) is 19.2 Å². The summed E-state index contributed by atoms with van der Waals surface area (Å²) in [4.78, 5) is 14.8. The van der Waals surface area contributed by atoms with E-state index in [1.54, 1.807) is 0 Å². The molecule has 0 bridgehead atoms. The van der Waals surface area contributed by atoms with Gasteiger partial charge in [-0.2, -0.15) is 9.65 Å². The second-order valence-corrected chi connectivity index (χ2v) is 3.24. The maximum absolute atomic E-state index is 12.5. The number of nitrogens with one attached hydrogen (secondary N) is 1. The van der Waals surface area contributed by atoms with Crippen molar-refractivity contribution in [2.45, 2.75) is 19.3 Å². The molecule has 1 rings (SSSR count). The van der Waals surface area contributed by atoms with Crippen LogP contribution in [0.25, 0.3) is 0 Å². The molecule has 0 aromatic carbocycles. The van der Waals surface area contributed by atoms with E-state index in [1.165, 1.54) is 12.3 Å². The van der Waals surface area contributed by atoms with E-state index in [4.69, 9.17) is 5.26 Å². The third-order valence-corrected chi connectivity index (χ3v) is 1.99. The minimum absolute atomic E-state index is 0.274. The standard InChI is InChI=1S/C11H12FN3O/c12-10-5-4-9(8-15-10)11(16)14-7-3-1-2-6-13/h4-5,8H,1-3,7H2,(H,14,16). The highest BCUT2D eigenvalue weighted by molar-refractivity contribution is 5.93. The fourth-order valence-corrected chi connectivity index (χ4v) is 1.14. The van der Waals surface area contributed by atoms with Crippen LogP contribution in [0.5, 0.6) is 0 Å². The molecule has 0 radical (unpaired) electrons. The highest BCUT2D eigenvalue weighted by Crippen LogP contribution is 1.99. The fraction of sp³-hybridized carbons (Fsp3) is 0.364.